The number of hydrogen-bond acceptors (Lipinski definition) is 2. The van der Waals surface area contributed by atoms with Crippen LogP contribution in [0.5, 0.6) is 0 Å². The van der Waals surface area contributed by atoms with E-state index in [9.17, 15) is 4.79 Å². The molecule has 1 aromatic carbocycles. The Labute approximate surface area is 107 Å². The van der Waals surface area contributed by atoms with Crippen molar-refractivity contribution in [2.75, 3.05) is 13.2 Å². The molecule has 1 amide bonds. The molecule has 4 heteroatoms. The molecule has 0 saturated heterocycles. The molecule has 0 aliphatic rings. The fourth-order valence-electron chi connectivity index (χ4n) is 1.43. The van der Waals surface area contributed by atoms with Crippen LogP contribution in [-0.2, 0) is 0 Å². The lowest BCUT2D eigenvalue weighted by Crippen LogP contribution is -2.28. The highest BCUT2D eigenvalue weighted by atomic mass is 35.5. The van der Waals surface area contributed by atoms with E-state index in [2.05, 4.69) is 5.32 Å². The lowest BCUT2D eigenvalue weighted by Gasteiger charge is -2.11. The van der Waals surface area contributed by atoms with Gasteiger partial charge in [0.05, 0.1) is 0 Å². The molecule has 0 saturated carbocycles. The number of carbonyl (C=O) groups is 1. The van der Waals surface area contributed by atoms with Crippen molar-refractivity contribution in [2.45, 2.75) is 20.3 Å². The zero-order chi connectivity index (χ0) is 12.8. The van der Waals surface area contributed by atoms with Crippen LogP contribution >= 0.6 is 11.6 Å². The molecule has 0 aliphatic carbocycles. The zero-order valence-corrected chi connectivity index (χ0v) is 10.9. The predicted octanol–water partition coefficient (Wildman–Crippen LogP) is 2.40. The van der Waals surface area contributed by atoms with Crippen molar-refractivity contribution in [1.82, 2.24) is 5.32 Å². The van der Waals surface area contributed by atoms with Crippen LogP contribution in [-0.4, -0.2) is 24.2 Å². The molecule has 0 heterocycles. The third-order valence-electron chi connectivity index (χ3n) is 2.67. The second kappa shape index (κ2) is 6.62. The molecule has 17 heavy (non-hydrogen) atoms. The van der Waals surface area contributed by atoms with Crippen molar-refractivity contribution in [3.05, 3.63) is 34.3 Å². The van der Waals surface area contributed by atoms with E-state index < -0.39 is 0 Å². The van der Waals surface area contributed by atoms with Crippen molar-refractivity contribution in [3.8, 4) is 0 Å². The fraction of sp³-hybridized carbons (Fsp3) is 0.462. The minimum atomic E-state index is -0.128. The van der Waals surface area contributed by atoms with Crippen molar-refractivity contribution in [2.24, 2.45) is 5.92 Å². The van der Waals surface area contributed by atoms with Crippen LogP contribution in [0.4, 0.5) is 0 Å². The molecule has 1 rings (SSSR count). The maximum absolute atomic E-state index is 11.8. The molecule has 0 aromatic heterocycles. The van der Waals surface area contributed by atoms with E-state index in [0.717, 1.165) is 5.56 Å². The molecular formula is C13H18ClNO2. The summed E-state index contributed by atoms with van der Waals surface area (Å²) >= 11 is 5.96. The molecule has 0 fully saturated rings. The van der Waals surface area contributed by atoms with Gasteiger partial charge in [-0.2, -0.15) is 0 Å². The number of amides is 1. The van der Waals surface area contributed by atoms with Crippen molar-refractivity contribution < 1.29 is 9.90 Å². The first-order valence-corrected chi connectivity index (χ1v) is 6.07. The van der Waals surface area contributed by atoms with Gasteiger partial charge in [-0.05, 0) is 37.0 Å². The number of carbonyl (C=O) groups excluding carboxylic acids is 1. The minimum absolute atomic E-state index is 0.128. The third-order valence-corrected chi connectivity index (χ3v) is 3.07. The Hall–Kier alpha value is -1.06. The van der Waals surface area contributed by atoms with E-state index in [4.69, 9.17) is 16.7 Å². The summed E-state index contributed by atoms with van der Waals surface area (Å²) in [7, 11) is 0. The van der Waals surface area contributed by atoms with E-state index in [0.29, 0.717) is 23.6 Å². The number of aliphatic hydroxyl groups is 1. The highest BCUT2D eigenvalue weighted by Gasteiger charge is 2.08. The Kier molecular flexibility index (Phi) is 5.45. The van der Waals surface area contributed by atoms with E-state index in [1.54, 1.807) is 12.1 Å². The van der Waals surface area contributed by atoms with Crippen LogP contribution in [0, 0.1) is 12.8 Å². The average Bonchev–Trinajstić information content (AvgIpc) is 2.30. The Morgan fingerprint density at radius 1 is 1.53 bits per heavy atom. The first-order chi connectivity index (χ1) is 8.04. The predicted molar refractivity (Wildman–Crippen MR) is 69.4 cm³/mol. The highest BCUT2D eigenvalue weighted by molar-refractivity contribution is 6.31. The second-order valence-electron chi connectivity index (χ2n) is 4.29. The topological polar surface area (TPSA) is 49.3 Å². The van der Waals surface area contributed by atoms with Crippen LogP contribution in [0.25, 0.3) is 0 Å². The Bertz CT molecular complexity index is 393. The normalized spacial score (nSPS) is 12.2. The summed E-state index contributed by atoms with van der Waals surface area (Å²) in [4.78, 5) is 11.8. The zero-order valence-electron chi connectivity index (χ0n) is 10.2. The molecule has 1 unspecified atom stereocenters. The minimum Gasteiger partial charge on any atom is -0.396 e. The summed E-state index contributed by atoms with van der Waals surface area (Å²) < 4.78 is 0. The molecule has 2 N–H and O–H groups in total. The number of aryl methyl sites for hydroxylation is 1. The van der Waals surface area contributed by atoms with Gasteiger partial charge in [0, 0.05) is 23.7 Å². The molecule has 3 nitrogen and oxygen atoms in total. The standard InChI is InChI=1S/C13H18ClNO2/c1-9(5-6-16)8-15-13(17)11-4-3-10(2)12(14)7-11/h3-4,7,9,16H,5-6,8H2,1-2H3,(H,15,17). The monoisotopic (exact) mass is 255 g/mol. The van der Waals surface area contributed by atoms with Crippen molar-refractivity contribution in [3.63, 3.8) is 0 Å². The molecule has 0 radical (unpaired) electrons. The molecule has 0 aliphatic heterocycles. The maximum atomic E-state index is 11.8. The molecule has 0 spiro atoms. The largest absolute Gasteiger partial charge is 0.396 e. The fourth-order valence-corrected chi connectivity index (χ4v) is 1.61. The summed E-state index contributed by atoms with van der Waals surface area (Å²) in [6.45, 7) is 4.59. The summed E-state index contributed by atoms with van der Waals surface area (Å²) in [5, 5.41) is 12.2. The number of halogens is 1. The lowest BCUT2D eigenvalue weighted by atomic mass is 10.1. The van der Waals surface area contributed by atoms with E-state index in [-0.39, 0.29) is 18.4 Å². The lowest BCUT2D eigenvalue weighted by molar-refractivity contribution is 0.0945. The number of benzene rings is 1. The average molecular weight is 256 g/mol. The summed E-state index contributed by atoms with van der Waals surface area (Å²) in [6.07, 6.45) is 0.689. The van der Waals surface area contributed by atoms with Gasteiger partial charge in [-0.1, -0.05) is 24.6 Å². The number of hydrogen-bond donors (Lipinski definition) is 2. The molecule has 1 aromatic rings. The maximum Gasteiger partial charge on any atom is 0.251 e. The Balaban J connectivity index is 2.55. The Morgan fingerprint density at radius 2 is 2.24 bits per heavy atom. The van der Waals surface area contributed by atoms with Gasteiger partial charge in [-0.3, -0.25) is 4.79 Å². The van der Waals surface area contributed by atoms with Crippen LogP contribution in [0.2, 0.25) is 5.02 Å². The number of nitrogens with one attached hydrogen (secondary N) is 1. The third kappa shape index (κ3) is 4.36. The van der Waals surface area contributed by atoms with Crippen LogP contribution in [0.3, 0.4) is 0 Å². The second-order valence-corrected chi connectivity index (χ2v) is 4.70. The molecule has 1 atom stereocenters. The first kappa shape index (κ1) is 14.0. The Morgan fingerprint density at radius 3 is 2.82 bits per heavy atom. The van der Waals surface area contributed by atoms with E-state index >= 15 is 0 Å². The first-order valence-electron chi connectivity index (χ1n) is 5.69. The van der Waals surface area contributed by atoms with E-state index in [1.807, 2.05) is 19.9 Å². The summed E-state index contributed by atoms with van der Waals surface area (Å²) in [5.74, 6) is 0.140. The highest BCUT2D eigenvalue weighted by Crippen LogP contribution is 2.16. The van der Waals surface area contributed by atoms with Crippen molar-refractivity contribution in [1.29, 1.82) is 0 Å². The molecule has 0 bridgehead atoms. The van der Waals surface area contributed by atoms with Gasteiger partial charge in [0.25, 0.3) is 5.91 Å². The van der Waals surface area contributed by atoms with Gasteiger partial charge in [0.2, 0.25) is 0 Å². The van der Waals surface area contributed by atoms with Gasteiger partial charge in [-0.25, -0.2) is 0 Å². The number of aliphatic hydroxyl groups excluding tert-OH is 1. The van der Waals surface area contributed by atoms with Gasteiger partial charge in [0.1, 0.15) is 0 Å². The SMILES string of the molecule is Cc1ccc(C(=O)NCC(C)CCO)cc1Cl. The van der Waals surface area contributed by atoms with Crippen LogP contribution < -0.4 is 5.32 Å². The van der Waals surface area contributed by atoms with Crippen LogP contribution in [0.15, 0.2) is 18.2 Å². The van der Waals surface area contributed by atoms with Gasteiger partial charge >= 0.3 is 0 Å². The summed E-state index contributed by atoms with van der Waals surface area (Å²) in [6, 6.07) is 5.25. The quantitative estimate of drug-likeness (QED) is 0.849. The van der Waals surface area contributed by atoms with Crippen molar-refractivity contribution >= 4 is 17.5 Å². The molecular weight excluding hydrogens is 238 g/mol. The van der Waals surface area contributed by atoms with Gasteiger partial charge in [0.15, 0.2) is 0 Å². The van der Waals surface area contributed by atoms with E-state index in [1.165, 1.54) is 0 Å². The van der Waals surface area contributed by atoms with Crippen LogP contribution in [0.1, 0.15) is 29.3 Å². The van der Waals surface area contributed by atoms with Gasteiger partial charge in [-0.15, -0.1) is 0 Å². The molecule has 94 valence electrons. The number of rotatable bonds is 5. The summed E-state index contributed by atoms with van der Waals surface area (Å²) in [5.41, 5.74) is 1.52. The van der Waals surface area contributed by atoms with Gasteiger partial charge < -0.3 is 10.4 Å². The smallest absolute Gasteiger partial charge is 0.251 e.